The van der Waals surface area contributed by atoms with Crippen LogP contribution in [0.2, 0.25) is 0 Å². The van der Waals surface area contributed by atoms with E-state index in [0.29, 0.717) is 26.3 Å². The van der Waals surface area contributed by atoms with Gasteiger partial charge in [-0.3, -0.25) is 14.4 Å². The number of rotatable bonds is 7. The van der Waals surface area contributed by atoms with Crippen molar-refractivity contribution in [2.45, 2.75) is 0 Å². The molecule has 0 radical (unpaired) electrons. The van der Waals surface area contributed by atoms with Gasteiger partial charge in [0.25, 0.3) is 11.5 Å². The normalized spacial score (nSPS) is 13.9. The van der Waals surface area contributed by atoms with Gasteiger partial charge in [-0.2, -0.15) is 0 Å². The Kier molecular flexibility index (Phi) is 6.03. The van der Waals surface area contributed by atoms with Crippen molar-refractivity contribution >= 4 is 28.5 Å². The molecule has 1 aliphatic rings. The lowest BCUT2D eigenvalue weighted by Gasteiger charge is -2.29. The Labute approximate surface area is 165 Å². The second kappa shape index (κ2) is 8.65. The molecule has 154 valence electrons. The lowest BCUT2D eigenvalue weighted by atomic mass is 10.1. The van der Waals surface area contributed by atoms with E-state index in [4.69, 9.17) is 14.7 Å². The number of aromatic hydroxyl groups is 1. The van der Waals surface area contributed by atoms with Gasteiger partial charge in [-0.15, -0.1) is 4.73 Å². The van der Waals surface area contributed by atoms with E-state index in [0.717, 1.165) is 10.4 Å². The van der Waals surface area contributed by atoms with Crippen molar-refractivity contribution in [1.82, 2.24) is 10.0 Å². The number of morpholine rings is 1. The molecule has 29 heavy (non-hydrogen) atoms. The fourth-order valence-electron chi connectivity index (χ4n) is 3.06. The van der Waals surface area contributed by atoms with Crippen molar-refractivity contribution in [2.24, 2.45) is 0 Å². The van der Waals surface area contributed by atoms with E-state index in [-0.39, 0.29) is 17.5 Å². The van der Waals surface area contributed by atoms with E-state index in [2.05, 4.69) is 16.8 Å². The van der Waals surface area contributed by atoms with Gasteiger partial charge >= 0.3 is 5.97 Å². The number of ether oxygens (including phenoxy) is 1. The van der Waals surface area contributed by atoms with Crippen molar-refractivity contribution in [1.29, 1.82) is 0 Å². The van der Waals surface area contributed by atoms with Crippen LogP contribution in [0.1, 0.15) is 10.4 Å². The lowest BCUT2D eigenvalue weighted by molar-refractivity contribution is -0.135. The fourth-order valence-corrected chi connectivity index (χ4v) is 3.06. The lowest BCUT2D eigenvalue weighted by Crippen LogP contribution is -2.38. The first-order chi connectivity index (χ1) is 13.9. The van der Waals surface area contributed by atoms with Gasteiger partial charge in [0.1, 0.15) is 18.9 Å². The first kappa shape index (κ1) is 20.2. The second-order valence-corrected chi connectivity index (χ2v) is 6.28. The Morgan fingerprint density at radius 1 is 1.31 bits per heavy atom. The molecule has 0 aliphatic carbocycles. The molecular weight excluding hydrogens is 382 g/mol. The van der Waals surface area contributed by atoms with Gasteiger partial charge in [0, 0.05) is 24.2 Å². The molecule has 0 atom stereocenters. The van der Waals surface area contributed by atoms with Crippen molar-refractivity contribution < 1.29 is 29.4 Å². The number of hydrogen-bond acceptors (Lipinski definition) is 7. The van der Waals surface area contributed by atoms with E-state index in [1.54, 1.807) is 18.2 Å². The van der Waals surface area contributed by atoms with Crippen LogP contribution < -0.4 is 20.6 Å². The molecule has 10 heteroatoms. The highest BCUT2D eigenvalue weighted by Crippen LogP contribution is 2.30. The van der Waals surface area contributed by atoms with Crippen LogP contribution in [0.15, 0.2) is 35.6 Å². The van der Waals surface area contributed by atoms with Crippen LogP contribution in [0.25, 0.3) is 10.9 Å². The molecule has 2 aromatic rings. The van der Waals surface area contributed by atoms with Crippen molar-refractivity contribution in [3.05, 3.63) is 46.8 Å². The summed E-state index contributed by atoms with van der Waals surface area (Å²) in [5.41, 5.74) is -0.424. The van der Waals surface area contributed by atoms with E-state index in [9.17, 15) is 19.5 Å². The molecular formula is C19H21N3O7. The van der Waals surface area contributed by atoms with Crippen LogP contribution in [-0.4, -0.2) is 66.3 Å². The quantitative estimate of drug-likeness (QED) is 0.550. The Hall–Kier alpha value is -3.53. The van der Waals surface area contributed by atoms with E-state index >= 15 is 0 Å². The molecule has 1 saturated heterocycles. The predicted molar refractivity (Wildman–Crippen MR) is 105 cm³/mol. The average molecular weight is 403 g/mol. The molecule has 10 nitrogen and oxygen atoms in total. The highest BCUT2D eigenvalue weighted by atomic mass is 16.7. The summed E-state index contributed by atoms with van der Waals surface area (Å²) in [7, 11) is 0. The minimum Gasteiger partial charge on any atom is -0.506 e. The Balaban J connectivity index is 2.14. The first-order valence-electron chi connectivity index (χ1n) is 8.92. The Morgan fingerprint density at radius 3 is 2.69 bits per heavy atom. The maximum atomic E-state index is 12.9. The summed E-state index contributed by atoms with van der Waals surface area (Å²) in [5, 5.41) is 21.6. The van der Waals surface area contributed by atoms with Gasteiger partial charge in [0.15, 0.2) is 5.56 Å². The number of anilines is 1. The SMILES string of the molecule is C=CCOn1c(=O)c(C(=O)NCC(=O)O)c(O)c2ccc(N3CCOCC3)cc21. The van der Waals surface area contributed by atoms with Crippen LogP contribution in [0.4, 0.5) is 5.69 Å². The third kappa shape index (κ3) is 4.16. The highest BCUT2D eigenvalue weighted by molar-refractivity contribution is 6.03. The zero-order valence-electron chi connectivity index (χ0n) is 15.6. The average Bonchev–Trinajstić information content (AvgIpc) is 2.72. The number of nitrogens with zero attached hydrogens (tertiary/aromatic N) is 2. The standard InChI is InChI=1S/C19H21N3O7/c1-2-7-29-22-14-10-12(21-5-8-28-9-6-21)3-4-13(14)17(25)16(19(22)27)18(26)20-11-15(23)24/h2-4,10,25H,1,5-9,11H2,(H,20,26)(H,23,24). The van der Waals surface area contributed by atoms with Crippen LogP contribution >= 0.6 is 0 Å². The second-order valence-electron chi connectivity index (χ2n) is 6.28. The minimum absolute atomic E-state index is 0.0161. The topological polar surface area (TPSA) is 130 Å². The maximum Gasteiger partial charge on any atom is 0.322 e. The predicted octanol–water partition coefficient (Wildman–Crippen LogP) is -0.0273. The van der Waals surface area contributed by atoms with Gasteiger partial charge in [-0.05, 0) is 18.2 Å². The monoisotopic (exact) mass is 403 g/mol. The summed E-state index contributed by atoms with van der Waals surface area (Å²) < 4.78 is 6.26. The van der Waals surface area contributed by atoms with Crippen molar-refractivity contribution in [3.63, 3.8) is 0 Å². The van der Waals surface area contributed by atoms with Crippen molar-refractivity contribution in [3.8, 4) is 5.75 Å². The van der Waals surface area contributed by atoms with E-state index in [1.807, 2.05) is 0 Å². The Morgan fingerprint density at radius 2 is 2.03 bits per heavy atom. The maximum absolute atomic E-state index is 12.9. The third-order valence-corrected chi connectivity index (χ3v) is 4.42. The summed E-state index contributed by atoms with van der Waals surface area (Å²) in [6.07, 6.45) is 1.43. The number of benzene rings is 1. The molecule has 1 amide bonds. The number of aliphatic carboxylic acids is 1. The molecule has 1 fully saturated rings. The number of aromatic nitrogens is 1. The molecule has 2 heterocycles. The first-order valence-corrected chi connectivity index (χ1v) is 8.92. The van der Waals surface area contributed by atoms with E-state index in [1.165, 1.54) is 6.08 Å². The summed E-state index contributed by atoms with van der Waals surface area (Å²) >= 11 is 0. The molecule has 3 N–H and O–H groups in total. The minimum atomic E-state index is -1.28. The number of nitrogens with one attached hydrogen (secondary N) is 1. The van der Waals surface area contributed by atoms with Crippen LogP contribution in [0.5, 0.6) is 5.75 Å². The van der Waals surface area contributed by atoms with E-state index < -0.39 is 35.3 Å². The third-order valence-electron chi connectivity index (χ3n) is 4.42. The number of carbonyl (C=O) groups is 2. The van der Waals surface area contributed by atoms with Crippen LogP contribution in [0, 0.1) is 0 Å². The smallest absolute Gasteiger partial charge is 0.322 e. The summed E-state index contributed by atoms with van der Waals surface area (Å²) in [6, 6.07) is 5.02. The number of carbonyl (C=O) groups excluding carboxylic acids is 1. The fraction of sp³-hybridized carbons (Fsp3) is 0.316. The number of amides is 1. The van der Waals surface area contributed by atoms with Gasteiger partial charge in [0.05, 0.1) is 18.7 Å². The van der Waals surface area contributed by atoms with Gasteiger partial charge in [-0.1, -0.05) is 12.7 Å². The number of hydrogen-bond donors (Lipinski definition) is 3. The summed E-state index contributed by atoms with van der Waals surface area (Å²) in [5.74, 6) is -2.83. The zero-order valence-corrected chi connectivity index (χ0v) is 15.6. The molecule has 0 bridgehead atoms. The van der Waals surface area contributed by atoms with Gasteiger partial charge < -0.3 is 30.0 Å². The highest BCUT2D eigenvalue weighted by Gasteiger charge is 2.24. The molecule has 3 rings (SSSR count). The van der Waals surface area contributed by atoms with Gasteiger partial charge in [0.2, 0.25) is 0 Å². The summed E-state index contributed by atoms with van der Waals surface area (Å²) in [4.78, 5) is 43.4. The molecule has 0 unspecified atom stereocenters. The number of fused-ring (bicyclic) bond motifs is 1. The van der Waals surface area contributed by atoms with Crippen molar-refractivity contribution in [2.75, 3.05) is 44.4 Å². The molecule has 0 spiro atoms. The number of carboxylic acids is 1. The molecule has 1 aromatic carbocycles. The van der Waals surface area contributed by atoms with Crippen LogP contribution in [0.3, 0.4) is 0 Å². The summed E-state index contributed by atoms with van der Waals surface area (Å²) in [6.45, 7) is 5.33. The molecule has 1 aromatic heterocycles. The number of pyridine rings is 1. The molecule has 1 aliphatic heterocycles. The molecule has 0 saturated carbocycles. The zero-order chi connectivity index (χ0) is 21.0. The Bertz CT molecular complexity index is 1010. The number of carboxylic acid groups (broad SMARTS) is 1. The largest absolute Gasteiger partial charge is 0.506 e. The van der Waals surface area contributed by atoms with Crippen LogP contribution in [-0.2, 0) is 9.53 Å². The van der Waals surface area contributed by atoms with Gasteiger partial charge in [-0.25, -0.2) is 0 Å².